The van der Waals surface area contributed by atoms with Crippen LogP contribution in [-0.2, 0) is 11.2 Å². The predicted octanol–water partition coefficient (Wildman–Crippen LogP) is 1.61. The van der Waals surface area contributed by atoms with Crippen molar-refractivity contribution in [1.29, 1.82) is 0 Å². The molecular weight excluding hydrogens is 220 g/mol. The van der Waals surface area contributed by atoms with E-state index >= 15 is 0 Å². The zero-order valence-corrected chi connectivity index (χ0v) is 9.50. The molecule has 1 aliphatic carbocycles. The lowest BCUT2D eigenvalue weighted by Gasteiger charge is -2.17. The van der Waals surface area contributed by atoms with Gasteiger partial charge >= 0.3 is 5.97 Å². The summed E-state index contributed by atoms with van der Waals surface area (Å²) in [6.45, 7) is 0. The summed E-state index contributed by atoms with van der Waals surface area (Å²) in [6.07, 6.45) is 2.03. The Bertz CT molecular complexity index is 402. The van der Waals surface area contributed by atoms with Crippen molar-refractivity contribution < 1.29 is 19.7 Å². The monoisotopic (exact) mass is 236 g/mol. The third-order valence-corrected chi connectivity index (χ3v) is 2.96. The second-order valence-electron chi connectivity index (χ2n) is 4.37. The number of aliphatic carboxylic acids is 1. The average molecular weight is 236 g/mol. The molecule has 2 N–H and O–H groups in total. The van der Waals surface area contributed by atoms with Gasteiger partial charge in [-0.15, -0.1) is 0 Å². The molecule has 1 aromatic rings. The van der Waals surface area contributed by atoms with Crippen molar-refractivity contribution in [3.8, 4) is 5.75 Å². The maximum atomic E-state index is 10.6. The van der Waals surface area contributed by atoms with Crippen LogP contribution in [0.1, 0.15) is 24.8 Å². The van der Waals surface area contributed by atoms with Gasteiger partial charge in [-0.1, -0.05) is 12.1 Å². The number of aliphatic hydroxyl groups excluding tert-OH is 1. The van der Waals surface area contributed by atoms with Crippen molar-refractivity contribution in [1.82, 2.24) is 0 Å². The molecule has 2 atom stereocenters. The number of hydrogen-bond donors (Lipinski definition) is 2. The van der Waals surface area contributed by atoms with Crippen LogP contribution in [-0.4, -0.2) is 28.4 Å². The molecule has 1 fully saturated rings. The largest absolute Gasteiger partial charge is 0.488 e. The van der Waals surface area contributed by atoms with E-state index in [1.807, 2.05) is 0 Å². The summed E-state index contributed by atoms with van der Waals surface area (Å²) in [5.74, 6) is -0.224. The molecule has 0 saturated heterocycles. The highest BCUT2D eigenvalue weighted by atomic mass is 16.5. The molecule has 0 heterocycles. The van der Waals surface area contributed by atoms with Crippen molar-refractivity contribution >= 4 is 5.97 Å². The summed E-state index contributed by atoms with van der Waals surface area (Å²) >= 11 is 0. The third kappa shape index (κ3) is 3.20. The van der Waals surface area contributed by atoms with Crippen molar-refractivity contribution in [2.45, 2.75) is 37.9 Å². The van der Waals surface area contributed by atoms with Gasteiger partial charge in [0.2, 0.25) is 0 Å². The van der Waals surface area contributed by atoms with Crippen LogP contribution in [0.2, 0.25) is 0 Å². The molecule has 0 aromatic heterocycles. The Kier molecular flexibility index (Phi) is 3.64. The van der Waals surface area contributed by atoms with E-state index in [-0.39, 0.29) is 12.5 Å². The first-order valence-corrected chi connectivity index (χ1v) is 5.80. The SMILES string of the molecule is O=C(O)Cc1cccc(OC2CCCC2O)c1. The second kappa shape index (κ2) is 5.19. The van der Waals surface area contributed by atoms with E-state index < -0.39 is 12.1 Å². The van der Waals surface area contributed by atoms with Crippen LogP contribution in [0.3, 0.4) is 0 Å². The molecule has 1 aliphatic rings. The lowest BCUT2D eigenvalue weighted by atomic mass is 10.1. The molecule has 1 saturated carbocycles. The van der Waals surface area contributed by atoms with Gasteiger partial charge in [-0.3, -0.25) is 4.79 Å². The van der Waals surface area contributed by atoms with Gasteiger partial charge < -0.3 is 14.9 Å². The van der Waals surface area contributed by atoms with Crippen LogP contribution >= 0.6 is 0 Å². The first kappa shape index (κ1) is 11.9. The number of ether oxygens (including phenoxy) is 1. The number of aliphatic hydroxyl groups is 1. The van der Waals surface area contributed by atoms with Crippen LogP contribution in [0.25, 0.3) is 0 Å². The van der Waals surface area contributed by atoms with Gasteiger partial charge in [0.05, 0.1) is 12.5 Å². The molecule has 2 rings (SSSR count). The van der Waals surface area contributed by atoms with E-state index in [1.54, 1.807) is 24.3 Å². The first-order chi connectivity index (χ1) is 8.15. The van der Waals surface area contributed by atoms with Crippen molar-refractivity contribution in [3.05, 3.63) is 29.8 Å². The van der Waals surface area contributed by atoms with Gasteiger partial charge in [0.15, 0.2) is 0 Å². The fourth-order valence-corrected chi connectivity index (χ4v) is 2.12. The van der Waals surface area contributed by atoms with Crippen LogP contribution in [0.5, 0.6) is 5.75 Å². The summed E-state index contributed by atoms with van der Waals surface area (Å²) in [5.41, 5.74) is 0.711. The summed E-state index contributed by atoms with van der Waals surface area (Å²) in [7, 11) is 0. The second-order valence-corrected chi connectivity index (χ2v) is 4.37. The van der Waals surface area contributed by atoms with Gasteiger partial charge in [-0.25, -0.2) is 0 Å². The van der Waals surface area contributed by atoms with E-state index in [2.05, 4.69) is 0 Å². The molecule has 2 unspecified atom stereocenters. The van der Waals surface area contributed by atoms with Crippen molar-refractivity contribution in [2.24, 2.45) is 0 Å². The van der Waals surface area contributed by atoms with E-state index in [0.717, 1.165) is 19.3 Å². The normalized spacial score (nSPS) is 23.6. The van der Waals surface area contributed by atoms with Gasteiger partial charge in [0.25, 0.3) is 0 Å². The van der Waals surface area contributed by atoms with Crippen LogP contribution in [0.4, 0.5) is 0 Å². The number of hydrogen-bond acceptors (Lipinski definition) is 3. The van der Waals surface area contributed by atoms with E-state index in [1.165, 1.54) is 0 Å². The highest BCUT2D eigenvalue weighted by Gasteiger charge is 2.26. The molecule has 0 radical (unpaired) electrons. The Balaban J connectivity index is 2.03. The van der Waals surface area contributed by atoms with Gasteiger partial charge in [-0.2, -0.15) is 0 Å². The Morgan fingerprint density at radius 1 is 1.41 bits per heavy atom. The summed E-state index contributed by atoms with van der Waals surface area (Å²) in [4.78, 5) is 10.6. The van der Waals surface area contributed by atoms with Crippen LogP contribution < -0.4 is 4.74 Å². The fourth-order valence-electron chi connectivity index (χ4n) is 2.12. The number of rotatable bonds is 4. The van der Waals surface area contributed by atoms with Gasteiger partial charge in [0.1, 0.15) is 11.9 Å². The molecule has 1 aromatic carbocycles. The summed E-state index contributed by atoms with van der Waals surface area (Å²) in [6, 6.07) is 7.04. The highest BCUT2D eigenvalue weighted by molar-refractivity contribution is 5.70. The highest BCUT2D eigenvalue weighted by Crippen LogP contribution is 2.25. The molecule has 0 spiro atoms. The number of benzene rings is 1. The molecule has 0 bridgehead atoms. The minimum atomic E-state index is -0.858. The molecule has 0 aliphatic heterocycles. The smallest absolute Gasteiger partial charge is 0.307 e. The maximum Gasteiger partial charge on any atom is 0.307 e. The quantitative estimate of drug-likeness (QED) is 0.833. The Hall–Kier alpha value is -1.55. The standard InChI is InChI=1S/C13H16O4/c14-11-5-2-6-12(11)17-10-4-1-3-9(7-10)8-13(15)16/h1,3-4,7,11-12,14H,2,5-6,8H2,(H,15,16). The van der Waals surface area contributed by atoms with E-state index in [4.69, 9.17) is 9.84 Å². The Morgan fingerprint density at radius 2 is 2.24 bits per heavy atom. The summed E-state index contributed by atoms with van der Waals surface area (Å²) < 4.78 is 5.67. The van der Waals surface area contributed by atoms with E-state index in [0.29, 0.717) is 11.3 Å². The summed E-state index contributed by atoms with van der Waals surface area (Å²) in [5, 5.41) is 18.3. The zero-order chi connectivity index (χ0) is 12.3. The zero-order valence-electron chi connectivity index (χ0n) is 9.50. The first-order valence-electron chi connectivity index (χ1n) is 5.80. The molecule has 0 amide bonds. The molecule has 17 heavy (non-hydrogen) atoms. The maximum absolute atomic E-state index is 10.6. The van der Waals surface area contributed by atoms with Crippen molar-refractivity contribution in [3.63, 3.8) is 0 Å². The minimum absolute atomic E-state index is 0.00950. The fraction of sp³-hybridized carbons (Fsp3) is 0.462. The minimum Gasteiger partial charge on any atom is -0.488 e. The van der Waals surface area contributed by atoms with Crippen LogP contribution in [0.15, 0.2) is 24.3 Å². The number of carbonyl (C=O) groups is 1. The number of carboxylic acids is 1. The predicted molar refractivity (Wildman–Crippen MR) is 62.1 cm³/mol. The average Bonchev–Trinajstić information content (AvgIpc) is 2.64. The topological polar surface area (TPSA) is 66.8 Å². The van der Waals surface area contributed by atoms with Gasteiger partial charge in [0, 0.05) is 0 Å². The number of carboxylic acid groups (broad SMARTS) is 1. The lowest BCUT2D eigenvalue weighted by molar-refractivity contribution is -0.136. The molecule has 92 valence electrons. The third-order valence-electron chi connectivity index (χ3n) is 2.96. The lowest BCUT2D eigenvalue weighted by Crippen LogP contribution is -2.25. The molecular formula is C13H16O4. The van der Waals surface area contributed by atoms with Crippen LogP contribution in [0, 0.1) is 0 Å². The molecule has 4 heteroatoms. The Morgan fingerprint density at radius 3 is 2.88 bits per heavy atom. The van der Waals surface area contributed by atoms with Crippen molar-refractivity contribution in [2.75, 3.05) is 0 Å². The van der Waals surface area contributed by atoms with E-state index in [9.17, 15) is 9.90 Å². The van der Waals surface area contributed by atoms with Gasteiger partial charge in [-0.05, 0) is 37.0 Å². The Labute approximate surface area is 99.8 Å². The molecule has 4 nitrogen and oxygen atoms in total.